The smallest absolute Gasteiger partial charge is 0.136 e. The first-order valence-electron chi connectivity index (χ1n) is 6.01. The van der Waals surface area contributed by atoms with Crippen LogP contribution in [0.4, 0.5) is 0 Å². The van der Waals surface area contributed by atoms with Crippen LogP contribution < -0.4 is 0 Å². The summed E-state index contributed by atoms with van der Waals surface area (Å²) < 4.78 is 1.98. The van der Waals surface area contributed by atoms with E-state index in [0.29, 0.717) is 0 Å². The molecule has 1 aromatic heterocycles. The first-order chi connectivity index (χ1) is 7.70. The number of aryl methyl sites for hydroxylation is 1. The molecule has 2 nitrogen and oxygen atoms in total. The molecule has 16 heavy (non-hydrogen) atoms. The lowest BCUT2D eigenvalue weighted by Gasteiger charge is -1.98. The Bertz CT molecular complexity index is 320. The second kappa shape index (κ2) is 10.2. The number of rotatable bonds is 2. The molecule has 0 aromatic carbocycles. The van der Waals surface area contributed by atoms with E-state index in [1.807, 2.05) is 65.2 Å². The van der Waals surface area contributed by atoms with Gasteiger partial charge < -0.3 is 4.57 Å². The van der Waals surface area contributed by atoms with E-state index in [0.717, 1.165) is 17.2 Å². The molecule has 1 rings (SSSR count). The number of aromatic nitrogens is 2. The summed E-state index contributed by atoms with van der Waals surface area (Å²) in [5, 5.41) is 0. The highest BCUT2D eigenvalue weighted by Crippen LogP contribution is 2.11. The zero-order chi connectivity index (χ0) is 13.1. The first kappa shape index (κ1) is 17.1. The van der Waals surface area contributed by atoms with Crippen molar-refractivity contribution >= 4 is 12.3 Å². The molecule has 2 heteroatoms. The second-order valence-electron chi connectivity index (χ2n) is 2.69. The molecule has 0 bridgehead atoms. The Morgan fingerprint density at radius 2 is 1.62 bits per heavy atom. The average molecular weight is 222 g/mol. The average Bonchev–Trinajstić information content (AvgIpc) is 2.60. The quantitative estimate of drug-likeness (QED) is 0.710. The molecule has 0 unspecified atom stereocenters. The van der Waals surface area contributed by atoms with Crippen molar-refractivity contribution in [3.63, 3.8) is 0 Å². The summed E-state index contributed by atoms with van der Waals surface area (Å²) in [7, 11) is 0. The van der Waals surface area contributed by atoms with Gasteiger partial charge in [-0.2, -0.15) is 0 Å². The molecule has 0 aliphatic heterocycles. The molecule has 1 aromatic rings. The van der Waals surface area contributed by atoms with Gasteiger partial charge in [0.25, 0.3) is 0 Å². The summed E-state index contributed by atoms with van der Waals surface area (Å²) in [5.74, 6) is 0.947. The van der Waals surface area contributed by atoms with Crippen LogP contribution >= 0.6 is 0 Å². The van der Waals surface area contributed by atoms with Gasteiger partial charge in [0.05, 0.1) is 5.69 Å². The van der Waals surface area contributed by atoms with Crippen LogP contribution in [-0.2, 0) is 0 Å². The molecule has 1 heterocycles. The number of hydrogen-bond donors (Lipinski definition) is 0. The number of hydrogen-bond acceptors (Lipinski definition) is 1. The Morgan fingerprint density at radius 3 is 2.00 bits per heavy atom. The van der Waals surface area contributed by atoms with Gasteiger partial charge in [-0.25, -0.2) is 4.98 Å². The van der Waals surface area contributed by atoms with Crippen molar-refractivity contribution in [2.75, 3.05) is 0 Å². The maximum Gasteiger partial charge on any atom is 0.136 e. The second-order valence-corrected chi connectivity index (χ2v) is 2.69. The summed E-state index contributed by atoms with van der Waals surface area (Å²) in [5.41, 5.74) is 2.21. The Labute approximate surface area is 101 Å². The monoisotopic (exact) mass is 222 g/mol. The summed E-state index contributed by atoms with van der Waals surface area (Å²) >= 11 is 0. The minimum Gasteiger partial charge on any atom is -0.305 e. The van der Waals surface area contributed by atoms with E-state index in [2.05, 4.69) is 11.6 Å². The Morgan fingerprint density at radius 1 is 1.12 bits per heavy atom. The third kappa shape index (κ3) is 4.47. The largest absolute Gasteiger partial charge is 0.305 e. The zero-order valence-corrected chi connectivity index (χ0v) is 11.8. The molecule has 0 saturated heterocycles. The predicted octanol–water partition coefficient (Wildman–Crippen LogP) is 4.69. The molecule has 0 N–H and O–H groups in total. The van der Waals surface area contributed by atoms with Crippen molar-refractivity contribution < 1.29 is 0 Å². The molecule has 0 amide bonds. The van der Waals surface area contributed by atoms with Gasteiger partial charge in [0, 0.05) is 11.9 Å². The van der Waals surface area contributed by atoms with Gasteiger partial charge in [0.15, 0.2) is 0 Å². The van der Waals surface area contributed by atoms with Crippen LogP contribution in [0.5, 0.6) is 0 Å². The topological polar surface area (TPSA) is 17.8 Å². The molecular formula is C14H26N2. The zero-order valence-electron chi connectivity index (χ0n) is 11.8. The molecule has 0 aliphatic rings. The molecule has 0 fully saturated rings. The van der Waals surface area contributed by atoms with E-state index >= 15 is 0 Å². The van der Waals surface area contributed by atoms with E-state index in [4.69, 9.17) is 0 Å². The van der Waals surface area contributed by atoms with Crippen LogP contribution in [0.25, 0.3) is 12.3 Å². The van der Waals surface area contributed by atoms with Crippen LogP contribution in [0, 0.1) is 13.8 Å². The molecule has 0 saturated carbocycles. The van der Waals surface area contributed by atoms with Crippen molar-refractivity contribution in [3.8, 4) is 0 Å². The lowest BCUT2D eigenvalue weighted by atomic mass is 10.4. The lowest BCUT2D eigenvalue weighted by molar-refractivity contribution is 1.05. The van der Waals surface area contributed by atoms with Gasteiger partial charge in [0.1, 0.15) is 5.82 Å². The van der Waals surface area contributed by atoms with E-state index in [9.17, 15) is 0 Å². The standard InChI is InChI=1S/C10H14N2.2C2H6/c1-5-7-10-11-8(3)9(4)12(10)6-2;2*1-2/h5-7H,2H2,1,3-4H3;2*1-2H3/b7-5-;;. The SMILES string of the molecule is C=Cn1c(/C=C\C)nc(C)c1C.CC.CC. The van der Waals surface area contributed by atoms with Crippen LogP contribution in [0.1, 0.15) is 51.8 Å². The first-order valence-corrected chi connectivity index (χ1v) is 6.01. The fourth-order valence-electron chi connectivity index (χ4n) is 1.15. The van der Waals surface area contributed by atoms with Crippen LogP contribution in [0.2, 0.25) is 0 Å². The van der Waals surface area contributed by atoms with Gasteiger partial charge in [-0.15, -0.1) is 0 Å². The molecule has 92 valence electrons. The minimum atomic E-state index is 0.947. The van der Waals surface area contributed by atoms with Gasteiger partial charge >= 0.3 is 0 Å². The summed E-state index contributed by atoms with van der Waals surface area (Å²) in [6.45, 7) is 17.8. The minimum absolute atomic E-state index is 0.947. The maximum absolute atomic E-state index is 4.38. The third-order valence-electron chi connectivity index (χ3n) is 1.91. The van der Waals surface area contributed by atoms with Gasteiger partial charge in [-0.3, -0.25) is 0 Å². The van der Waals surface area contributed by atoms with E-state index < -0.39 is 0 Å². The highest BCUT2D eigenvalue weighted by atomic mass is 15.1. The van der Waals surface area contributed by atoms with Crippen LogP contribution in [-0.4, -0.2) is 9.55 Å². The van der Waals surface area contributed by atoms with Crippen molar-refractivity contribution in [1.29, 1.82) is 0 Å². The van der Waals surface area contributed by atoms with Crippen LogP contribution in [0.15, 0.2) is 12.7 Å². The van der Waals surface area contributed by atoms with Crippen molar-refractivity contribution in [3.05, 3.63) is 29.9 Å². The highest BCUT2D eigenvalue weighted by molar-refractivity contribution is 5.47. The highest BCUT2D eigenvalue weighted by Gasteiger charge is 2.04. The molecular weight excluding hydrogens is 196 g/mol. The number of nitrogens with zero attached hydrogens (tertiary/aromatic N) is 2. The summed E-state index contributed by atoms with van der Waals surface area (Å²) in [6, 6.07) is 0. The third-order valence-corrected chi connectivity index (χ3v) is 1.91. The summed E-state index contributed by atoms with van der Waals surface area (Å²) in [4.78, 5) is 4.38. The lowest BCUT2D eigenvalue weighted by Crippen LogP contribution is -1.91. The van der Waals surface area contributed by atoms with Crippen molar-refractivity contribution in [2.24, 2.45) is 0 Å². The molecule has 0 aliphatic carbocycles. The van der Waals surface area contributed by atoms with Crippen molar-refractivity contribution in [1.82, 2.24) is 9.55 Å². The molecule has 0 radical (unpaired) electrons. The van der Waals surface area contributed by atoms with Crippen molar-refractivity contribution in [2.45, 2.75) is 48.5 Å². The van der Waals surface area contributed by atoms with Gasteiger partial charge in [-0.1, -0.05) is 40.3 Å². The number of imidazole rings is 1. The Kier molecular flexibility index (Phi) is 10.9. The summed E-state index contributed by atoms with van der Waals surface area (Å²) in [6.07, 6.45) is 5.73. The van der Waals surface area contributed by atoms with Crippen LogP contribution in [0.3, 0.4) is 0 Å². The Balaban J connectivity index is 0. The maximum atomic E-state index is 4.38. The fraction of sp³-hybridized carbons (Fsp3) is 0.500. The Hall–Kier alpha value is -1.31. The van der Waals surface area contributed by atoms with Gasteiger partial charge in [-0.05, 0) is 26.8 Å². The molecule has 0 atom stereocenters. The van der Waals surface area contributed by atoms with E-state index in [1.165, 1.54) is 0 Å². The van der Waals surface area contributed by atoms with E-state index in [1.54, 1.807) is 6.20 Å². The van der Waals surface area contributed by atoms with Gasteiger partial charge in [0.2, 0.25) is 0 Å². The number of allylic oxidation sites excluding steroid dienone is 1. The predicted molar refractivity (Wildman–Crippen MR) is 75.5 cm³/mol. The molecule has 0 spiro atoms. The van der Waals surface area contributed by atoms with E-state index in [-0.39, 0.29) is 0 Å². The fourth-order valence-corrected chi connectivity index (χ4v) is 1.15. The normalized spacial score (nSPS) is 8.94.